The first-order valence-corrected chi connectivity index (χ1v) is 9.33. The Bertz CT molecular complexity index is 716. The van der Waals surface area contributed by atoms with E-state index in [0.717, 1.165) is 50.1 Å². The number of nitrogens with zero attached hydrogens (tertiary/aromatic N) is 3. The van der Waals surface area contributed by atoms with Gasteiger partial charge in [-0.1, -0.05) is 36.4 Å². The highest BCUT2D eigenvalue weighted by atomic mass is 35.5. The monoisotopic (exact) mass is 393 g/mol. The first-order valence-electron chi connectivity index (χ1n) is 9.33. The molecule has 8 heteroatoms. The molecule has 0 spiro atoms. The molecule has 0 saturated carbocycles. The average molecular weight is 394 g/mol. The standard InChI is InChI=1S/C19H27N5O2.ClH/c1-2-11-26-14-16-6-4-3-5-15(16)12-21-19(25)18-13-24(23-22-18)17-7-9-20-10-8-17;/h3-6,13,17,20H,2,7-12,14H2,1H3,(H,21,25);1H. The zero-order valence-corrected chi connectivity index (χ0v) is 16.5. The second-order valence-corrected chi connectivity index (χ2v) is 6.57. The molecule has 0 bridgehead atoms. The lowest BCUT2D eigenvalue weighted by molar-refractivity contribution is 0.0944. The van der Waals surface area contributed by atoms with Crippen LogP contribution in [0.1, 0.15) is 53.8 Å². The molecule has 0 aliphatic carbocycles. The molecule has 2 aromatic rings. The molecular formula is C19H28ClN5O2. The third-order valence-corrected chi connectivity index (χ3v) is 4.59. The Morgan fingerprint density at radius 1 is 1.30 bits per heavy atom. The van der Waals surface area contributed by atoms with Crippen molar-refractivity contribution in [1.29, 1.82) is 0 Å². The van der Waals surface area contributed by atoms with Crippen molar-refractivity contribution < 1.29 is 9.53 Å². The summed E-state index contributed by atoms with van der Waals surface area (Å²) >= 11 is 0. The van der Waals surface area contributed by atoms with Crippen LogP contribution in [0, 0.1) is 0 Å². The summed E-state index contributed by atoms with van der Waals surface area (Å²) in [6, 6.07) is 8.32. The normalized spacial score (nSPS) is 14.6. The third-order valence-electron chi connectivity index (χ3n) is 4.59. The van der Waals surface area contributed by atoms with Crippen LogP contribution in [-0.2, 0) is 17.9 Å². The molecule has 1 fully saturated rings. The highest BCUT2D eigenvalue weighted by Crippen LogP contribution is 2.17. The van der Waals surface area contributed by atoms with Crippen molar-refractivity contribution in [2.75, 3.05) is 19.7 Å². The van der Waals surface area contributed by atoms with Crippen molar-refractivity contribution in [1.82, 2.24) is 25.6 Å². The average Bonchev–Trinajstić information content (AvgIpc) is 3.18. The molecule has 27 heavy (non-hydrogen) atoms. The summed E-state index contributed by atoms with van der Waals surface area (Å²) in [6.45, 7) is 5.78. The lowest BCUT2D eigenvalue weighted by Gasteiger charge is -2.22. The van der Waals surface area contributed by atoms with Crippen LogP contribution >= 0.6 is 12.4 Å². The topological polar surface area (TPSA) is 81.1 Å². The van der Waals surface area contributed by atoms with E-state index in [0.29, 0.717) is 24.9 Å². The molecule has 148 valence electrons. The van der Waals surface area contributed by atoms with Gasteiger partial charge in [-0.3, -0.25) is 4.79 Å². The quantitative estimate of drug-likeness (QED) is 0.673. The van der Waals surface area contributed by atoms with Crippen LogP contribution in [0.3, 0.4) is 0 Å². The van der Waals surface area contributed by atoms with Gasteiger partial charge in [-0.2, -0.15) is 0 Å². The van der Waals surface area contributed by atoms with E-state index >= 15 is 0 Å². The summed E-state index contributed by atoms with van der Waals surface area (Å²) in [5, 5.41) is 14.4. The molecule has 1 aromatic carbocycles. The summed E-state index contributed by atoms with van der Waals surface area (Å²) < 4.78 is 7.45. The molecule has 1 amide bonds. The summed E-state index contributed by atoms with van der Waals surface area (Å²) in [5.74, 6) is -0.200. The van der Waals surface area contributed by atoms with E-state index in [2.05, 4.69) is 27.9 Å². The Balaban J connectivity index is 0.00000261. The van der Waals surface area contributed by atoms with Crippen LogP contribution in [0.25, 0.3) is 0 Å². The van der Waals surface area contributed by atoms with Crippen LogP contribution in [0.5, 0.6) is 0 Å². The minimum Gasteiger partial charge on any atom is -0.377 e. The van der Waals surface area contributed by atoms with Gasteiger partial charge in [0, 0.05) is 13.2 Å². The molecule has 7 nitrogen and oxygen atoms in total. The second-order valence-electron chi connectivity index (χ2n) is 6.57. The first kappa shape index (κ1) is 21.3. The predicted molar refractivity (Wildman–Crippen MR) is 106 cm³/mol. The van der Waals surface area contributed by atoms with E-state index in [1.165, 1.54) is 0 Å². The lowest BCUT2D eigenvalue weighted by Crippen LogP contribution is -2.29. The van der Waals surface area contributed by atoms with Crippen molar-refractivity contribution in [2.24, 2.45) is 0 Å². The summed E-state index contributed by atoms with van der Waals surface area (Å²) in [6.07, 6.45) is 4.76. The van der Waals surface area contributed by atoms with Gasteiger partial charge in [0.05, 0.1) is 18.8 Å². The second kappa shape index (κ2) is 11.0. The number of carbonyl (C=O) groups is 1. The van der Waals surface area contributed by atoms with Gasteiger partial charge in [0.15, 0.2) is 5.69 Å². The zero-order valence-electron chi connectivity index (χ0n) is 15.7. The van der Waals surface area contributed by atoms with Crippen LogP contribution in [-0.4, -0.2) is 40.6 Å². The molecule has 1 aliphatic heterocycles. The van der Waals surface area contributed by atoms with Gasteiger partial charge in [0.25, 0.3) is 5.91 Å². The number of aromatic nitrogens is 3. The highest BCUT2D eigenvalue weighted by Gasteiger charge is 2.18. The van der Waals surface area contributed by atoms with Crippen LogP contribution in [0.2, 0.25) is 0 Å². The van der Waals surface area contributed by atoms with Gasteiger partial charge in [0.1, 0.15) is 0 Å². The number of halogens is 1. The van der Waals surface area contributed by atoms with Crippen LogP contribution < -0.4 is 10.6 Å². The lowest BCUT2D eigenvalue weighted by atomic mass is 10.1. The molecule has 1 aromatic heterocycles. The molecule has 2 N–H and O–H groups in total. The van der Waals surface area contributed by atoms with Gasteiger partial charge in [0.2, 0.25) is 0 Å². The Labute approximate surface area is 166 Å². The molecule has 3 rings (SSSR count). The Morgan fingerprint density at radius 2 is 2.04 bits per heavy atom. The third kappa shape index (κ3) is 6.02. The smallest absolute Gasteiger partial charge is 0.273 e. The Morgan fingerprint density at radius 3 is 2.78 bits per heavy atom. The number of piperidine rings is 1. The van der Waals surface area contributed by atoms with Gasteiger partial charge >= 0.3 is 0 Å². The van der Waals surface area contributed by atoms with E-state index in [9.17, 15) is 4.79 Å². The maximum absolute atomic E-state index is 12.4. The van der Waals surface area contributed by atoms with Gasteiger partial charge < -0.3 is 15.4 Å². The van der Waals surface area contributed by atoms with E-state index in [-0.39, 0.29) is 18.3 Å². The van der Waals surface area contributed by atoms with Gasteiger partial charge in [-0.25, -0.2) is 4.68 Å². The summed E-state index contributed by atoms with van der Waals surface area (Å²) in [7, 11) is 0. The van der Waals surface area contributed by atoms with Gasteiger partial charge in [-0.05, 0) is 43.5 Å². The van der Waals surface area contributed by atoms with Crippen molar-refractivity contribution in [3.63, 3.8) is 0 Å². The van der Waals surface area contributed by atoms with E-state index in [4.69, 9.17) is 4.74 Å². The molecule has 1 aliphatic rings. The number of carbonyl (C=O) groups excluding carboxylic acids is 1. The minimum atomic E-state index is -0.200. The molecule has 1 saturated heterocycles. The first-order chi connectivity index (χ1) is 12.8. The minimum absolute atomic E-state index is 0. The van der Waals surface area contributed by atoms with E-state index in [1.54, 1.807) is 6.20 Å². The maximum Gasteiger partial charge on any atom is 0.273 e. The largest absolute Gasteiger partial charge is 0.377 e. The molecular weight excluding hydrogens is 366 g/mol. The van der Waals surface area contributed by atoms with Crippen molar-refractivity contribution in [3.8, 4) is 0 Å². The van der Waals surface area contributed by atoms with E-state index in [1.807, 2.05) is 28.9 Å². The van der Waals surface area contributed by atoms with E-state index < -0.39 is 0 Å². The number of hydrogen-bond acceptors (Lipinski definition) is 5. The van der Waals surface area contributed by atoms with Gasteiger partial charge in [-0.15, -0.1) is 17.5 Å². The number of ether oxygens (including phenoxy) is 1. The molecule has 0 unspecified atom stereocenters. The van der Waals surface area contributed by atoms with Crippen LogP contribution in [0.4, 0.5) is 0 Å². The molecule has 2 heterocycles. The number of benzene rings is 1. The summed E-state index contributed by atoms with van der Waals surface area (Å²) in [4.78, 5) is 12.4. The Hall–Kier alpha value is -1.96. The fourth-order valence-corrected chi connectivity index (χ4v) is 3.09. The molecule has 0 atom stereocenters. The predicted octanol–water partition coefficient (Wildman–Crippen LogP) is 2.48. The number of amides is 1. The SMILES string of the molecule is CCCOCc1ccccc1CNC(=O)c1cn(C2CCNCC2)nn1.Cl. The number of rotatable bonds is 8. The van der Waals surface area contributed by atoms with Crippen molar-refractivity contribution >= 4 is 18.3 Å². The fourth-order valence-electron chi connectivity index (χ4n) is 3.09. The Kier molecular flexibility index (Phi) is 8.71. The summed E-state index contributed by atoms with van der Waals surface area (Å²) in [5.41, 5.74) is 2.52. The van der Waals surface area contributed by atoms with Crippen LogP contribution in [0.15, 0.2) is 30.5 Å². The zero-order chi connectivity index (χ0) is 18.2. The van der Waals surface area contributed by atoms with Crippen molar-refractivity contribution in [2.45, 2.75) is 45.4 Å². The maximum atomic E-state index is 12.4. The number of hydrogen-bond donors (Lipinski definition) is 2. The highest BCUT2D eigenvalue weighted by molar-refractivity contribution is 5.91. The fraction of sp³-hybridized carbons (Fsp3) is 0.526. The molecule has 0 radical (unpaired) electrons. The van der Waals surface area contributed by atoms with Crippen molar-refractivity contribution in [3.05, 3.63) is 47.3 Å². The number of nitrogens with one attached hydrogen (secondary N) is 2.